The summed E-state index contributed by atoms with van der Waals surface area (Å²) in [6, 6.07) is 18.3. The number of rotatable bonds is 4. The van der Waals surface area contributed by atoms with E-state index in [1.54, 1.807) is 4.90 Å². The number of carbonyl (C=O) groups is 1. The summed E-state index contributed by atoms with van der Waals surface area (Å²) >= 11 is 0. The Morgan fingerprint density at radius 3 is 2.48 bits per heavy atom. The first-order valence-electron chi connectivity index (χ1n) is 7.91. The number of benzene rings is 2. The number of ether oxygens (including phenoxy) is 1. The van der Waals surface area contributed by atoms with Crippen LogP contribution in [0.4, 0.5) is 0 Å². The smallest absolute Gasteiger partial charge is 0.227 e. The Balaban J connectivity index is 1.63. The van der Waals surface area contributed by atoms with Crippen LogP contribution >= 0.6 is 0 Å². The molecule has 0 saturated carbocycles. The molecule has 120 valence electrons. The van der Waals surface area contributed by atoms with E-state index in [2.05, 4.69) is 12.1 Å². The minimum atomic E-state index is -0.256. The van der Waals surface area contributed by atoms with Crippen molar-refractivity contribution in [3.05, 3.63) is 60.2 Å². The van der Waals surface area contributed by atoms with Crippen LogP contribution in [0.5, 0.6) is 0 Å². The number of aliphatic hydroxyl groups excluding tert-OH is 1. The van der Waals surface area contributed by atoms with Gasteiger partial charge in [-0.3, -0.25) is 4.79 Å². The van der Waals surface area contributed by atoms with Crippen LogP contribution in [-0.4, -0.2) is 48.3 Å². The van der Waals surface area contributed by atoms with Crippen molar-refractivity contribution in [2.45, 2.75) is 12.5 Å². The van der Waals surface area contributed by atoms with Crippen molar-refractivity contribution in [1.29, 1.82) is 0 Å². The predicted molar refractivity (Wildman–Crippen MR) is 89.0 cm³/mol. The summed E-state index contributed by atoms with van der Waals surface area (Å²) in [4.78, 5) is 14.1. The van der Waals surface area contributed by atoms with Crippen LogP contribution in [0.25, 0.3) is 11.1 Å². The molecule has 1 aliphatic heterocycles. The number of carbonyl (C=O) groups excluding carboxylic acids is 1. The minimum absolute atomic E-state index is 0.0461. The number of hydrogen-bond donors (Lipinski definition) is 1. The molecule has 0 spiro atoms. The third kappa shape index (κ3) is 3.97. The topological polar surface area (TPSA) is 49.8 Å². The van der Waals surface area contributed by atoms with Gasteiger partial charge in [-0.1, -0.05) is 54.6 Å². The molecule has 1 amide bonds. The monoisotopic (exact) mass is 311 g/mol. The Morgan fingerprint density at radius 2 is 1.78 bits per heavy atom. The highest BCUT2D eigenvalue weighted by Crippen LogP contribution is 2.19. The van der Waals surface area contributed by atoms with Crippen molar-refractivity contribution >= 4 is 5.91 Å². The van der Waals surface area contributed by atoms with E-state index in [0.29, 0.717) is 26.1 Å². The molecule has 1 unspecified atom stereocenters. The lowest BCUT2D eigenvalue weighted by Gasteiger charge is -2.32. The molecule has 0 aliphatic carbocycles. The molecular weight excluding hydrogens is 290 g/mol. The standard InChI is InChI=1S/C19H21NO3/c21-14-18-13-20(10-11-23-18)19(22)12-15-6-8-17(9-7-15)16-4-2-1-3-5-16/h1-9,18,21H,10-14H2. The van der Waals surface area contributed by atoms with Gasteiger partial charge in [0.15, 0.2) is 0 Å². The van der Waals surface area contributed by atoms with E-state index < -0.39 is 0 Å². The maximum atomic E-state index is 12.4. The van der Waals surface area contributed by atoms with E-state index in [1.165, 1.54) is 5.56 Å². The maximum Gasteiger partial charge on any atom is 0.227 e. The molecule has 1 N–H and O–H groups in total. The van der Waals surface area contributed by atoms with Crippen LogP contribution < -0.4 is 0 Å². The summed E-state index contributed by atoms with van der Waals surface area (Å²) in [6.45, 7) is 1.51. The van der Waals surface area contributed by atoms with Crippen LogP contribution in [0.15, 0.2) is 54.6 Å². The first-order chi connectivity index (χ1) is 11.3. The fraction of sp³-hybridized carbons (Fsp3) is 0.316. The van der Waals surface area contributed by atoms with Gasteiger partial charge in [0, 0.05) is 13.1 Å². The Hall–Kier alpha value is -2.17. The van der Waals surface area contributed by atoms with Gasteiger partial charge in [-0.05, 0) is 16.7 Å². The van der Waals surface area contributed by atoms with Crippen LogP contribution in [0, 0.1) is 0 Å². The first kappa shape index (κ1) is 15.7. The molecule has 1 atom stereocenters. The molecule has 1 fully saturated rings. The predicted octanol–water partition coefficient (Wildman–Crippen LogP) is 2.12. The molecule has 1 aliphatic rings. The molecule has 23 heavy (non-hydrogen) atoms. The zero-order valence-corrected chi connectivity index (χ0v) is 13.0. The average molecular weight is 311 g/mol. The summed E-state index contributed by atoms with van der Waals surface area (Å²) in [5, 5.41) is 9.16. The Labute approximate surface area is 136 Å². The maximum absolute atomic E-state index is 12.4. The van der Waals surface area contributed by atoms with Crippen molar-refractivity contribution in [1.82, 2.24) is 4.90 Å². The van der Waals surface area contributed by atoms with E-state index in [0.717, 1.165) is 11.1 Å². The second-order valence-corrected chi connectivity index (χ2v) is 5.75. The zero-order valence-electron chi connectivity index (χ0n) is 13.0. The summed E-state index contributed by atoms with van der Waals surface area (Å²) in [5.74, 6) is 0.0826. The number of amides is 1. The molecule has 0 aromatic heterocycles. The van der Waals surface area contributed by atoms with Gasteiger partial charge >= 0.3 is 0 Å². The normalized spacial score (nSPS) is 18.0. The highest BCUT2D eigenvalue weighted by atomic mass is 16.5. The van der Waals surface area contributed by atoms with Gasteiger partial charge < -0.3 is 14.7 Å². The van der Waals surface area contributed by atoms with Gasteiger partial charge in [0.05, 0.1) is 25.7 Å². The first-order valence-corrected chi connectivity index (χ1v) is 7.91. The molecular formula is C19H21NO3. The van der Waals surface area contributed by atoms with Gasteiger partial charge in [0.1, 0.15) is 0 Å². The van der Waals surface area contributed by atoms with Crippen LogP contribution in [-0.2, 0) is 16.0 Å². The van der Waals surface area contributed by atoms with E-state index in [4.69, 9.17) is 9.84 Å². The van der Waals surface area contributed by atoms with E-state index in [1.807, 2.05) is 42.5 Å². The molecule has 3 rings (SSSR count). The summed E-state index contributed by atoms with van der Waals surface area (Å²) in [5.41, 5.74) is 3.32. The third-order valence-electron chi connectivity index (χ3n) is 4.11. The minimum Gasteiger partial charge on any atom is -0.394 e. The van der Waals surface area contributed by atoms with Gasteiger partial charge in [-0.2, -0.15) is 0 Å². The molecule has 2 aromatic carbocycles. The van der Waals surface area contributed by atoms with Gasteiger partial charge in [-0.25, -0.2) is 0 Å². The molecule has 1 saturated heterocycles. The molecule has 0 bridgehead atoms. The Bertz CT molecular complexity index is 639. The van der Waals surface area contributed by atoms with Crippen molar-refractivity contribution in [2.75, 3.05) is 26.3 Å². The fourth-order valence-electron chi connectivity index (χ4n) is 2.79. The lowest BCUT2D eigenvalue weighted by atomic mass is 10.0. The van der Waals surface area contributed by atoms with Crippen LogP contribution in [0.2, 0.25) is 0 Å². The van der Waals surface area contributed by atoms with Crippen LogP contribution in [0.3, 0.4) is 0 Å². The molecule has 4 nitrogen and oxygen atoms in total. The largest absolute Gasteiger partial charge is 0.394 e. The van der Waals surface area contributed by atoms with Gasteiger partial charge in [0.25, 0.3) is 0 Å². The Morgan fingerprint density at radius 1 is 1.09 bits per heavy atom. The second-order valence-electron chi connectivity index (χ2n) is 5.75. The highest BCUT2D eigenvalue weighted by molar-refractivity contribution is 5.79. The van der Waals surface area contributed by atoms with Crippen molar-refractivity contribution in [2.24, 2.45) is 0 Å². The summed E-state index contributed by atoms with van der Waals surface area (Å²) < 4.78 is 5.38. The third-order valence-corrected chi connectivity index (χ3v) is 4.11. The molecule has 0 radical (unpaired) electrons. The highest BCUT2D eigenvalue weighted by Gasteiger charge is 2.23. The Kier molecular flexibility index (Phi) is 5.05. The van der Waals surface area contributed by atoms with E-state index in [9.17, 15) is 4.79 Å². The van der Waals surface area contributed by atoms with Crippen LogP contribution in [0.1, 0.15) is 5.56 Å². The quantitative estimate of drug-likeness (QED) is 0.941. The summed E-state index contributed by atoms with van der Waals surface area (Å²) in [6.07, 6.45) is 0.126. The molecule has 2 aromatic rings. The average Bonchev–Trinajstić information content (AvgIpc) is 2.63. The second kappa shape index (κ2) is 7.40. The van der Waals surface area contributed by atoms with Crippen molar-refractivity contribution in [3.63, 3.8) is 0 Å². The fourth-order valence-corrected chi connectivity index (χ4v) is 2.79. The number of nitrogens with zero attached hydrogens (tertiary/aromatic N) is 1. The van der Waals surface area contributed by atoms with Crippen molar-refractivity contribution in [3.8, 4) is 11.1 Å². The number of aliphatic hydroxyl groups is 1. The lowest BCUT2D eigenvalue weighted by molar-refractivity contribution is -0.139. The molecule has 1 heterocycles. The van der Waals surface area contributed by atoms with Gasteiger partial charge in [0.2, 0.25) is 5.91 Å². The van der Waals surface area contributed by atoms with Gasteiger partial charge in [-0.15, -0.1) is 0 Å². The van der Waals surface area contributed by atoms with E-state index in [-0.39, 0.29) is 18.6 Å². The molecule has 4 heteroatoms. The lowest BCUT2D eigenvalue weighted by Crippen LogP contribution is -2.47. The van der Waals surface area contributed by atoms with E-state index >= 15 is 0 Å². The SMILES string of the molecule is O=C(Cc1ccc(-c2ccccc2)cc1)N1CCOC(CO)C1. The zero-order chi connectivity index (χ0) is 16.1. The number of hydrogen-bond acceptors (Lipinski definition) is 3. The number of morpholine rings is 1. The summed E-state index contributed by atoms with van der Waals surface area (Å²) in [7, 11) is 0. The van der Waals surface area contributed by atoms with Crippen molar-refractivity contribution < 1.29 is 14.6 Å².